The van der Waals surface area contributed by atoms with Gasteiger partial charge in [0, 0.05) is 23.6 Å². The summed E-state index contributed by atoms with van der Waals surface area (Å²) in [5, 5.41) is 0. The van der Waals surface area contributed by atoms with Gasteiger partial charge in [0.25, 0.3) is 0 Å². The number of hydrogen-bond donors (Lipinski definition) is 1. The highest BCUT2D eigenvalue weighted by Crippen LogP contribution is 2.31. The number of anilines is 3. The predicted molar refractivity (Wildman–Crippen MR) is 83.9 cm³/mol. The number of rotatable bonds is 5. The van der Waals surface area contributed by atoms with Crippen LogP contribution in [0.1, 0.15) is 25.3 Å². The molecule has 0 fully saturated rings. The second kappa shape index (κ2) is 6.28. The number of nitrogens with two attached hydrogens (primary N) is 1. The molecule has 0 atom stereocenters. The average Bonchev–Trinajstić information content (AvgIpc) is 2.45. The first-order chi connectivity index (χ1) is 9.24. The van der Waals surface area contributed by atoms with Gasteiger partial charge in [-0.1, -0.05) is 37.6 Å². The standard InChI is InChI=1S/C17H22N2/c1-3-4-13-19(15-9-6-5-7-10-15)17-12-8-11-16(18)14(17)2/h5-12H,3-4,13,18H2,1-2H3. The molecule has 0 saturated heterocycles. The van der Waals surface area contributed by atoms with E-state index in [1.54, 1.807) is 0 Å². The molecule has 0 spiro atoms. The minimum atomic E-state index is 0.856. The fraction of sp³-hybridized carbons (Fsp3) is 0.294. The molecule has 0 amide bonds. The van der Waals surface area contributed by atoms with E-state index in [1.807, 2.05) is 18.2 Å². The molecule has 2 N–H and O–H groups in total. The van der Waals surface area contributed by atoms with Crippen LogP contribution in [0.5, 0.6) is 0 Å². The van der Waals surface area contributed by atoms with Crippen LogP contribution in [-0.4, -0.2) is 6.54 Å². The van der Waals surface area contributed by atoms with E-state index in [2.05, 4.69) is 49.1 Å². The Morgan fingerprint density at radius 3 is 2.42 bits per heavy atom. The molecule has 0 radical (unpaired) electrons. The minimum absolute atomic E-state index is 0.856. The Morgan fingerprint density at radius 1 is 1.00 bits per heavy atom. The predicted octanol–water partition coefficient (Wildman–Crippen LogP) is 4.52. The van der Waals surface area contributed by atoms with Crippen molar-refractivity contribution in [1.82, 2.24) is 0 Å². The SMILES string of the molecule is CCCCN(c1ccccc1)c1cccc(N)c1C. The maximum absolute atomic E-state index is 6.04. The molecule has 0 aromatic heterocycles. The Labute approximate surface area is 115 Å². The molecule has 0 aliphatic heterocycles. The summed E-state index contributed by atoms with van der Waals surface area (Å²) >= 11 is 0. The molecule has 2 heteroatoms. The third-order valence-electron chi connectivity index (χ3n) is 3.44. The number of hydrogen-bond acceptors (Lipinski definition) is 2. The molecule has 2 nitrogen and oxygen atoms in total. The Morgan fingerprint density at radius 2 is 1.74 bits per heavy atom. The van der Waals surface area contributed by atoms with Crippen LogP contribution in [-0.2, 0) is 0 Å². The van der Waals surface area contributed by atoms with Crippen molar-refractivity contribution in [2.75, 3.05) is 17.2 Å². The molecule has 2 aromatic rings. The van der Waals surface area contributed by atoms with Crippen molar-refractivity contribution in [3.8, 4) is 0 Å². The van der Waals surface area contributed by atoms with Crippen LogP contribution >= 0.6 is 0 Å². The Kier molecular flexibility index (Phi) is 4.45. The third kappa shape index (κ3) is 3.08. The maximum Gasteiger partial charge on any atom is 0.0461 e. The highest BCUT2D eigenvalue weighted by molar-refractivity contribution is 5.71. The second-order valence-corrected chi connectivity index (χ2v) is 4.83. The molecule has 0 bridgehead atoms. The Balaban J connectivity index is 2.40. The topological polar surface area (TPSA) is 29.3 Å². The summed E-state index contributed by atoms with van der Waals surface area (Å²) < 4.78 is 0. The summed E-state index contributed by atoms with van der Waals surface area (Å²) in [6, 6.07) is 16.6. The average molecular weight is 254 g/mol. The number of nitrogens with zero attached hydrogens (tertiary/aromatic N) is 1. The zero-order chi connectivity index (χ0) is 13.7. The van der Waals surface area contributed by atoms with Gasteiger partial charge in [-0.25, -0.2) is 0 Å². The van der Waals surface area contributed by atoms with E-state index in [9.17, 15) is 0 Å². The molecule has 0 unspecified atom stereocenters. The lowest BCUT2D eigenvalue weighted by Crippen LogP contribution is -2.19. The van der Waals surface area contributed by atoms with Crippen molar-refractivity contribution in [2.24, 2.45) is 0 Å². The lowest BCUT2D eigenvalue weighted by Gasteiger charge is -2.27. The van der Waals surface area contributed by atoms with E-state index in [4.69, 9.17) is 5.73 Å². The molecule has 0 saturated carbocycles. The first kappa shape index (κ1) is 13.5. The van der Waals surface area contributed by atoms with Crippen molar-refractivity contribution < 1.29 is 0 Å². The lowest BCUT2D eigenvalue weighted by atomic mass is 10.1. The van der Waals surface area contributed by atoms with Gasteiger partial charge in [-0.05, 0) is 43.2 Å². The third-order valence-corrected chi connectivity index (χ3v) is 3.44. The largest absolute Gasteiger partial charge is 0.398 e. The summed E-state index contributed by atoms with van der Waals surface area (Å²) in [6.45, 7) is 5.33. The van der Waals surface area contributed by atoms with E-state index in [0.717, 1.165) is 17.8 Å². The van der Waals surface area contributed by atoms with Crippen molar-refractivity contribution >= 4 is 17.1 Å². The van der Waals surface area contributed by atoms with Crippen LogP contribution in [0.25, 0.3) is 0 Å². The van der Waals surface area contributed by atoms with Gasteiger partial charge >= 0.3 is 0 Å². The molecule has 100 valence electrons. The van der Waals surface area contributed by atoms with Crippen LogP contribution in [0, 0.1) is 6.92 Å². The first-order valence-corrected chi connectivity index (χ1v) is 6.91. The summed E-state index contributed by atoms with van der Waals surface area (Å²) in [7, 11) is 0. The van der Waals surface area contributed by atoms with Crippen molar-refractivity contribution in [3.05, 3.63) is 54.1 Å². The van der Waals surface area contributed by atoms with E-state index >= 15 is 0 Å². The summed E-state index contributed by atoms with van der Waals surface area (Å²) in [5.74, 6) is 0. The van der Waals surface area contributed by atoms with Crippen LogP contribution in [0.3, 0.4) is 0 Å². The lowest BCUT2D eigenvalue weighted by molar-refractivity contribution is 0.784. The van der Waals surface area contributed by atoms with Gasteiger partial charge in [0.2, 0.25) is 0 Å². The summed E-state index contributed by atoms with van der Waals surface area (Å²) in [6.07, 6.45) is 2.35. The molecule has 2 rings (SSSR count). The highest BCUT2D eigenvalue weighted by Gasteiger charge is 2.12. The van der Waals surface area contributed by atoms with Gasteiger partial charge in [-0.3, -0.25) is 0 Å². The van der Waals surface area contributed by atoms with Crippen molar-refractivity contribution in [2.45, 2.75) is 26.7 Å². The van der Waals surface area contributed by atoms with Gasteiger partial charge < -0.3 is 10.6 Å². The normalized spacial score (nSPS) is 10.4. The fourth-order valence-electron chi connectivity index (χ4n) is 2.25. The molecule has 0 aliphatic rings. The van der Waals surface area contributed by atoms with Gasteiger partial charge in [0.05, 0.1) is 0 Å². The zero-order valence-electron chi connectivity index (χ0n) is 11.8. The van der Waals surface area contributed by atoms with Crippen LogP contribution < -0.4 is 10.6 Å². The van der Waals surface area contributed by atoms with Gasteiger partial charge in [-0.15, -0.1) is 0 Å². The Hall–Kier alpha value is -1.96. The van der Waals surface area contributed by atoms with Gasteiger partial charge in [-0.2, -0.15) is 0 Å². The molecule has 0 heterocycles. The van der Waals surface area contributed by atoms with Gasteiger partial charge in [0.15, 0.2) is 0 Å². The van der Waals surface area contributed by atoms with Crippen LogP contribution in [0.15, 0.2) is 48.5 Å². The monoisotopic (exact) mass is 254 g/mol. The van der Waals surface area contributed by atoms with E-state index in [1.165, 1.54) is 24.2 Å². The molecule has 19 heavy (non-hydrogen) atoms. The molecular weight excluding hydrogens is 232 g/mol. The van der Waals surface area contributed by atoms with Gasteiger partial charge in [0.1, 0.15) is 0 Å². The maximum atomic E-state index is 6.04. The molecule has 0 aliphatic carbocycles. The van der Waals surface area contributed by atoms with E-state index in [0.29, 0.717) is 0 Å². The first-order valence-electron chi connectivity index (χ1n) is 6.91. The Bertz CT molecular complexity index is 520. The summed E-state index contributed by atoms with van der Waals surface area (Å²) in [4.78, 5) is 2.36. The number of benzene rings is 2. The zero-order valence-corrected chi connectivity index (χ0v) is 11.8. The minimum Gasteiger partial charge on any atom is -0.398 e. The summed E-state index contributed by atoms with van der Waals surface area (Å²) in [5.41, 5.74) is 10.5. The van der Waals surface area contributed by atoms with E-state index in [-0.39, 0.29) is 0 Å². The second-order valence-electron chi connectivity index (χ2n) is 4.83. The quantitative estimate of drug-likeness (QED) is 0.795. The molecule has 2 aromatic carbocycles. The van der Waals surface area contributed by atoms with Crippen molar-refractivity contribution in [1.29, 1.82) is 0 Å². The van der Waals surface area contributed by atoms with Crippen LogP contribution in [0.4, 0.5) is 17.1 Å². The fourth-order valence-corrected chi connectivity index (χ4v) is 2.25. The number of para-hydroxylation sites is 1. The highest BCUT2D eigenvalue weighted by atomic mass is 15.1. The van der Waals surface area contributed by atoms with E-state index < -0.39 is 0 Å². The molecular formula is C17H22N2. The van der Waals surface area contributed by atoms with Crippen LogP contribution in [0.2, 0.25) is 0 Å². The van der Waals surface area contributed by atoms with Crippen molar-refractivity contribution in [3.63, 3.8) is 0 Å². The number of nitrogen functional groups attached to an aromatic ring is 1. The number of unbranched alkanes of at least 4 members (excludes halogenated alkanes) is 1. The smallest absolute Gasteiger partial charge is 0.0461 e.